The molecule has 12 nitrogen and oxygen atoms in total. The van der Waals surface area contributed by atoms with Crippen molar-refractivity contribution in [3.8, 4) is 0 Å². The van der Waals surface area contributed by atoms with Gasteiger partial charge in [0.15, 0.2) is 29.1 Å². The molecule has 0 aliphatic heterocycles. The van der Waals surface area contributed by atoms with Gasteiger partial charge in [0.2, 0.25) is 23.5 Å². The van der Waals surface area contributed by atoms with E-state index in [2.05, 4.69) is 23.8 Å². The summed E-state index contributed by atoms with van der Waals surface area (Å²) >= 11 is 0. The van der Waals surface area contributed by atoms with E-state index in [1.165, 1.54) is 13.8 Å². The van der Waals surface area contributed by atoms with Crippen LogP contribution in [0.5, 0.6) is 0 Å². The van der Waals surface area contributed by atoms with Gasteiger partial charge < -0.3 is 31.9 Å². The van der Waals surface area contributed by atoms with Gasteiger partial charge in [-0.2, -0.15) is 0 Å². The summed E-state index contributed by atoms with van der Waals surface area (Å²) in [5.41, 5.74) is 1.79. The van der Waals surface area contributed by atoms with Crippen molar-refractivity contribution < 1.29 is 60.9 Å². The van der Waals surface area contributed by atoms with E-state index in [4.69, 9.17) is 15.9 Å². The molecule has 0 aromatic heterocycles. The van der Waals surface area contributed by atoms with Crippen LogP contribution in [0.25, 0.3) is 5.57 Å². The molecule has 3 amide bonds. The third-order valence-electron chi connectivity index (χ3n) is 5.72. The molecular weight excluding hydrogens is 579 g/mol. The number of hydrogen-bond donors (Lipinski definition) is 6. The number of Topliss-reactive ketones (excluding diaryl/α,β-unsaturated/α-hetero) is 1. The number of carboxylic acid groups (broad SMARTS) is 2. The zero-order valence-electron chi connectivity index (χ0n) is 22.3. The SMILES string of the molecule is C=C(C(=O)O)[C@H](NC(=O)[C@@H](NC(=O)[C@@H](NC(=O)[C@@H](N)CC(=O)O)C(=C)c1c(F)c(F)c(F)c(F)c1F)C(C)C)C(C)=O. The Hall–Kier alpha value is -4.67. The molecule has 17 heteroatoms. The normalized spacial score (nSPS) is 13.8. The topological polar surface area (TPSA) is 205 Å². The van der Waals surface area contributed by atoms with Crippen LogP contribution in [0.3, 0.4) is 0 Å². The van der Waals surface area contributed by atoms with Crippen molar-refractivity contribution >= 4 is 41.0 Å². The van der Waals surface area contributed by atoms with Crippen LogP contribution < -0.4 is 21.7 Å². The summed E-state index contributed by atoms with van der Waals surface area (Å²) in [6, 6.07) is -7.69. The van der Waals surface area contributed by atoms with Crippen LogP contribution in [0.1, 0.15) is 32.8 Å². The minimum atomic E-state index is -2.53. The monoisotopic (exact) mass is 606 g/mol. The molecule has 0 unspecified atom stereocenters. The molecule has 1 aromatic rings. The highest BCUT2D eigenvalue weighted by Crippen LogP contribution is 2.29. The van der Waals surface area contributed by atoms with Crippen molar-refractivity contribution in [3.63, 3.8) is 0 Å². The summed E-state index contributed by atoms with van der Waals surface area (Å²) < 4.78 is 70.4. The van der Waals surface area contributed by atoms with Crippen LogP contribution in [0, 0.1) is 35.0 Å². The Kier molecular flexibility index (Phi) is 12.0. The number of rotatable bonds is 14. The molecule has 0 bridgehead atoms. The lowest BCUT2D eigenvalue weighted by Crippen LogP contribution is -2.59. The number of nitrogens with one attached hydrogen (secondary N) is 3. The van der Waals surface area contributed by atoms with Crippen molar-refractivity contribution in [2.45, 2.75) is 51.4 Å². The second kappa shape index (κ2) is 14.3. The lowest BCUT2D eigenvalue weighted by Gasteiger charge is -2.28. The average Bonchev–Trinajstić information content (AvgIpc) is 2.89. The zero-order valence-corrected chi connectivity index (χ0v) is 22.3. The number of nitrogens with two attached hydrogens (primary N) is 1. The van der Waals surface area contributed by atoms with Crippen molar-refractivity contribution in [1.82, 2.24) is 16.0 Å². The van der Waals surface area contributed by atoms with Gasteiger partial charge >= 0.3 is 11.9 Å². The number of carbonyl (C=O) groups is 6. The summed E-state index contributed by atoms with van der Waals surface area (Å²) in [6.07, 6.45) is -1.01. The molecule has 1 rings (SSSR count). The Bertz CT molecular complexity index is 1320. The van der Waals surface area contributed by atoms with E-state index < -0.39 is 118 Å². The number of aliphatic carboxylic acids is 2. The molecule has 4 atom stereocenters. The van der Waals surface area contributed by atoms with Crippen LogP contribution in [0.2, 0.25) is 0 Å². The van der Waals surface area contributed by atoms with Crippen molar-refractivity contribution in [2.75, 3.05) is 0 Å². The molecule has 230 valence electrons. The maximum absolute atomic E-state index is 14.5. The van der Waals surface area contributed by atoms with Crippen LogP contribution in [-0.4, -0.2) is 69.8 Å². The number of halogens is 5. The van der Waals surface area contributed by atoms with E-state index >= 15 is 0 Å². The fraction of sp³-hybridized carbons (Fsp3) is 0.360. The fourth-order valence-electron chi connectivity index (χ4n) is 3.43. The number of carboxylic acids is 2. The minimum absolute atomic E-state index is 0.734. The predicted octanol–water partition coefficient (Wildman–Crippen LogP) is 0.538. The Balaban J connectivity index is 3.57. The number of carbonyl (C=O) groups excluding carboxylic acids is 4. The Morgan fingerprint density at radius 1 is 0.762 bits per heavy atom. The first-order valence-corrected chi connectivity index (χ1v) is 11.8. The van der Waals surface area contributed by atoms with Gasteiger partial charge in [0.25, 0.3) is 0 Å². The Morgan fingerprint density at radius 3 is 1.62 bits per heavy atom. The Morgan fingerprint density at radius 2 is 1.21 bits per heavy atom. The van der Waals surface area contributed by atoms with Crippen LogP contribution >= 0.6 is 0 Å². The second-order valence-electron chi connectivity index (χ2n) is 9.23. The van der Waals surface area contributed by atoms with E-state index in [1.54, 1.807) is 0 Å². The maximum atomic E-state index is 14.5. The zero-order chi connectivity index (χ0) is 32.8. The van der Waals surface area contributed by atoms with E-state index in [0.29, 0.717) is 0 Å². The molecule has 0 aliphatic carbocycles. The molecule has 0 aliphatic rings. The number of benzene rings is 1. The molecule has 0 radical (unpaired) electrons. The summed E-state index contributed by atoms with van der Waals surface area (Å²) in [6.45, 7) is 10.0. The van der Waals surface area contributed by atoms with Crippen LogP contribution in [0.15, 0.2) is 18.7 Å². The second-order valence-corrected chi connectivity index (χ2v) is 9.23. The molecule has 0 fully saturated rings. The standard InChI is InChI=1S/C25H27F5N4O8/c1-7(2)19(23(39)33-20(10(5)35)9(4)25(41)42)32-24(40)21(34-22(38)11(31)6-12(36)37)8(3)13-14(26)16(28)18(30)17(29)15(13)27/h7,11,19-21H,3-4,6,31H2,1-2,5H3,(H,32,40)(H,33,39)(H,34,38)(H,36,37)(H,41,42)/t11-,19-,20-,21-/m0/s1. The van der Waals surface area contributed by atoms with Gasteiger partial charge in [-0.3, -0.25) is 24.0 Å². The predicted molar refractivity (Wildman–Crippen MR) is 134 cm³/mol. The summed E-state index contributed by atoms with van der Waals surface area (Å²) in [5.74, 6) is -21.3. The molecule has 0 heterocycles. The number of ketones is 1. The fourth-order valence-corrected chi connectivity index (χ4v) is 3.43. The van der Waals surface area contributed by atoms with Gasteiger partial charge in [-0.1, -0.05) is 27.0 Å². The molecule has 1 aromatic carbocycles. The van der Waals surface area contributed by atoms with E-state index in [1.807, 2.05) is 5.32 Å². The summed E-state index contributed by atoms with van der Waals surface area (Å²) in [4.78, 5) is 72.8. The quantitative estimate of drug-likeness (QED) is 0.0756. The molecule has 0 saturated heterocycles. The first kappa shape index (κ1) is 35.4. The van der Waals surface area contributed by atoms with Gasteiger partial charge in [0, 0.05) is 0 Å². The molecule has 0 spiro atoms. The summed E-state index contributed by atoms with van der Waals surface area (Å²) in [7, 11) is 0. The maximum Gasteiger partial charge on any atom is 0.333 e. The minimum Gasteiger partial charge on any atom is -0.481 e. The smallest absolute Gasteiger partial charge is 0.333 e. The lowest BCUT2D eigenvalue weighted by molar-refractivity contribution is -0.139. The van der Waals surface area contributed by atoms with Crippen molar-refractivity contribution in [3.05, 3.63) is 53.4 Å². The van der Waals surface area contributed by atoms with Gasteiger partial charge in [0.1, 0.15) is 18.1 Å². The van der Waals surface area contributed by atoms with Gasteiger partial charge in [-0.05, 0) is 18.4 Å². The highest BCUT2D eigenvalue weighted by molar-refractivity contribution is 6.03. The third-order valence-corrected chi connectivity index (χ3v) is 5.72. The van der Waals surface area contributed by atoms with Gasteiger partial charge in [0.05, 0.1) is 23.6 Å². The van der Waals surface area contributed by atoms with Gasteiger partial charge in [-0.15, -0.1) is 0 Å². The largest absolute Gasteiger partial charge is 0.481 e. The molecular formula is C25H27F5N4O8. The first-order chi connectivity index (χ1) is 19.2. The molecule has 0 saturated carbocycles. The van der Waals surface area contributed by atoms with Crippen LogP contribution in [-0.2, 0) is 28.8 Å². The van der Waals surface area contributed by atoms with E-state index in [9.17, 15) is 50.7 Å². The van der Waals surface area contributed by atoms with Crippen LogP contribution in [0.4, 0.5) is 22.0 Å². The van der Waals surface area contributed by atoms with Crippen molar-refractivity contribution in [2.24, 2.45) is 11.7 Å². The lowest BCUT2D eigenvalue weighted by atomic mass is 9.95. The van der Waals surface area contributed by atoms with Crippen molar-refractivity contribution in [1.29, 1.82) is 0 Å². The highest BCUT2D eigenvalue weighted by Gasteiger charge is 2.37. The average molecular weight is 607 g/mol. The highest BCUT2D eigenvalue weighted by atomic mass is 19.2. The van der Waals surface area contributed by atoms with E-state index in [-0.39, 0.29) is 0 Å². The summed E-state index contributed by atoms with van der Waals surface area (Å²) in [5, 5.41) is 23.9. The first-order valence-electron chi connectivity index (χ1n) is 11.8. The number of amides is 3. The third kappa shape index (κ3) is 8.18. The molecule has 7 N–H and O–H groups in total. The Labute approximate surface area is 234 Å². The van der Waals surface area contributed by atoms with Gasteiger partial charge in [-0.25, -0.2) is 26.7 Å². The molecule has 42 heavy (non-hydrogen) atoms. The number of hydrogen-bond acceptors (Lipinski definition) is 7. The van der Waals surface area contributed by atoms with E-state index in [0.717, 1.165) is 6.92 Å².